The molecule has 1 saturated heterocycles. The molecule has 5 aliphatic rings. The van der Waals surface area contributed by atoms with Gasteiger partial charge in [-0.25, -0.2) is 0 Å². The maximum atomic E-state index is 14.0. The van der Waals surface area contributed by atoms with E-state index in [4.69, 9.17) is 82.9 Å². The average Bonchev–Trinajstić information content (AvgIpc) is 4.03. The fourth-order valence-corrected chi connectivity index (χ4v) is 12.4. The summed E-state index contributed by atoms with van der Waals surface area (Å²) in [5, 5.41) is 18.2. The van der Waals surface area contributed by atoms with Gasteiger partial charge in [0, 0.05) is 77.5 Å². The number of carbonyl (C=O) groups is 7. The number of nitrogens with two attached hydrogens (primary N) is 1. The molecule has 1 unspecified atom stereocenters. The fourth-order valence-electron chi connectivity index (χ4n) is 12.4. The Hall–Kier alpha value is -6.39. The van der Waals surface area contributed by atoms with Crippen molar-refractivity contribution in [3.8, 4) is 0 Å². The zero-order chi connectivity index (χ0) is 57.2. The van der Waals surface area contributed by atoms with Crippen molar-refractivity contribution in [3.05, 3.63) is 52.4 Å². The van der Waals surface area contributed by atoms with Crippen LogP contribution in [-0.2, 0) is 83.5 Å². The van der Waals surface area contributed by atoms with Crippen LogP contribution in [0.4, 0.5) is 0 Å². The number of methoxy groups -OCH3 is 7. The van der Waals surface area contributed by atoms with E-state index in [1.807, 2.05) is 55.4 Å². The van der Waals surface area contributed by atoms with Gasteiger partial charge in [0.2, 0.25) is 0 Å². The SMILES string of the molecule is COC(=O)CC[C@@H]1C2=NC(=C(/N)C3=N/C(=C(/C)C4=N[C@@](C)(C5[N-]/C(=C\2C)[C@](C)(CCC(=O)OC)[C@H]5CC(=O)OC)[C@@](C)(CC(=O)OC)[C@@H]4CCC(=O)OC)[C@@](C)(CC(=O)OC)[C@@H]3CCC(=O)OC)/C1(C)C.[C-]#N.[C-]#N.[Co+3]. The van der Waals surface area contributed by atoms with E-state index in [2.05, 4.69) is 0 Å². The number of hydrogen-bond donors (Lipinski definition) is 1. The number of carbonyl (C=O) groups excluding carboxylic acids is 7. The van der Waals surface area contributed by atoms with Crippen molar-refractivity contribution in [2.45, 2.75) is 138 Å². The third-order valence-corrected chi connectivity index (χ3v) is 16.9. The summed E-state index contributed by atoms with van der Waals surface area (Å²) in [6.07, 6.45) is -0.122. The predicted octanol–water partition coefficient (Wildman–Crippen LogP) is 6.80. The summed E-state index contributed by atoms with van der Waals surface area (Å²) in [6, 6.07) is -0.926. The van der Waals surface area contributed by atoms with Crippen molar-refractivity contribution in [2.24, 2.45) is 66.0 Å². The van der Waals surface area contributed by atoms with Gasteiger partial charge in [-0.1, -0.05) is 40.7 Å². The van der Waals surface area contributed by atoms with E-state index in [1.165, 1.54) is 49.8 Å². The summed E-state index contributed by atoms with van der Waals surface area (Å²) in [7, 11) is 9.08. The molecule has 22 heteroatoms. The zero-order valence-corrected chi connectivity index (χ0v) is 47.5. The first-order chi connectivity index (χ1) is 35.2. The molecule has 0 aromatic carbocycles. The van der Waals surface area contributed by atoms with Crippen LogP contribution in [0, 0.1) is 69.0 Å². The minimum atomic E-state index is -1.41. The van der Waals surface area contributed by atoms with Gasteiger partial charge in [0.15, 0.2) is 0 Å². The summed E-state index contributed by atoms with van der Waals surface area (Å²) >= 11 is 0. The van der Waals surface area contributed by atoms with E-state index >= 15 is 0 Å². The van der Waals surface area contributed by atoms with Crippen LogP contribution < -0.4 is 5.73 Å². The molecule has 21 nitrogen and oxygen atoms in total. The first-order valence-corrected chi connectivity index (χ1v) is 24.6. The predicted molar refractivity (Wildman–Crippen MR) is 271 cm³/mol. The van der Waals surface area contributed by atoms with Crippen LogP contribution in [-0.4, -0.2) is 120 Å². The summed E-state index contributed by atoms with van der Waals surface area (Å²) in [5.74, 6) is -6.28. The first-order valence-electron chi connectivity index (χ1n) is 24.6. The Balaban J connectivity index is 0.00000386. The van der Waals surface area contributed by atoms with Gasteiger partial charge in [-0.05, 0) is 68.9 Å². The van der Waals surface area contributed by atoms with Crippen LogP contribution in [0.5, 0.6) is 0 Å². The van der Waals surface area contributed by atoms with Crippen molar-refractivity contribution in [1.29, 1.82) is 10.5 Å². The Labute approximate surface area is 457 Å². The Morgan fingerprint density at radius 3 is 1.47 bits per heavy atom. The molecule has 0 aromatic rings. The molecule has 0 saturated carbocycles. The topological polar surface area (TPSA) is 309 Å². The second kappa shape index (κ2) is 26.6. The Morgan fingerprint density at radius 2 is 0.987 bits per heavy atom. The molecular formula is C54H74CoN7O14. The molecule has 0 aromatic heterocycles. The Morgan fingerprint density at radius 1 is 0.553 bits per heavy atom. The van der Waals surface area contributed by atoms with E-state index in [0.29, 0.717) is 45.4 Å². The molecule has 5 aliphatic heterocycles. The Kier molecular flexibility index (Phi) is 23.0. The maximum absolute atomic E-state index is 14.0. The van der Waals surface area contributed by atoms with E-state index in [9.17, 15) is 33.6 Å². The molecule has 2 N–H and O–H groups in total. The van der Waals surface area contributed by atoms with Crippen LogP contribution in [0.15, 0.2) is 48.9 Å². The van der Waals surface area contributed by atoms with Crippen molar-refractivity contribution < 1.29 is 83.5 Å². The van der Waals surface area contributed by atoms with Crippen LogP contribution in [0.3, 0.4) is 0 Å². The molecule has 0 radical (unpaired) electrons. The monoisotopic (exact) mass is 1100 g/mol. The van der Waals surface area contributed by atoms with Crippen molar-refractivity contribution >= 4 is 58.9 Å². The van der Waals surface area contributed by atoms with Gasteiger partial charge >= 0.3 is 58.6 Å². The van der Waals surface area contributed by atoms with Crippen LogP contribution >= 0.6 is 0 Å². The van der Waals surface area contributed by atoms with Gasteiger partial charge in [0.25, 0.3) is 0 Å². The molecular weight excluding hydrogens is 1030 g/mol. The van der Waals surface area contributed by atoms with Crippen LogP contribution in [0.25, 0.3) is 5.32 Å². The smallest absolute Gasteiger partial charge is 0.682 e. The maximum Gasteiger partial charge on any atom is 3.00 e. The summed E-state index contributed by atoms with van der Waals surface area (Å²) in [6.45, 7) is 24.8. The summed E-state index contributed by atoms with van der Waals surface area (Å²) < 4.78 is 36.7. The van der Waals surface area contributed by atoms with Gasteiger partial charge < -0.3 is 67.9 Å². The normalized spacial score (nSPS) is 31.4. The molecule has 418 valence electrons. The second-order valence-electron chi connectivity index (χ2n) is 20.9. The van der Waals surface area contributed by atoms with Crippen molar-refractivity contribution in [2.75, 3.05) is 49.8 Å². The van der Waals surface area contributed by atoms with Crippen LogP contribution in [0.1, 0.15) is 126 Å². The number of hydrogen-bond acceptors (Lipinski definition) is 20. The van der Waals surface area contributed by atoms with Crippen molar-refractivity contribution in [1.82, 2.24) is 0 Å². The van der Waals surface area contributed by atoms with Gasteiger partial charge in [0.05, 0.1) is 91.0 Å². The quantitative estimate of drug-likeness (QED) is 0.0838. The summed E-state index contributed by atoms with van der Waals surface area (Å²) in [5.41, 5.74) is 5.68. The van der Waals surface area contributed by atoms with Gasteiger partial charge in [-0.2, -0.15) is 5.70 Å². The number of rotatable bonds is 18. The number of nitrogens with zero attached hydrogens (tertiary/aromatic N) is 6. The second-order valence-corrected chi connectivity index (χ2v) is 20.9. The number of fused-ring (bicyclic) bond motifs is 6. The van der Waals surface area contributed by atoms with Crippen molar-refractivity contribution in [3.63, 3.8) is 0 Å². The minimum absolute atomic E-state index is 0. The van der Waals surface area contributed by atoms with E-state index in [0.717, 1.165) is 0 Å². The van der Waals surface area contributed by atoms with Gasteiger partial charge in [-0.3, -0.25) is 48.5 Å². The summed E-state index contributed by atoms with van der Waals surface area (Å²) in [4.78, 5) is 110. The first kappa shape index (κ1) is 65.7. The Bertz CT molecular complexity index is 2500. The number of aliphatic imine (C=N–C) groups is 3. The molecule has 0 spiro atoms. The van der Waals surface area contributed by atoms with Gasteiger partial charge in [-0.15, -0.1) is 0 Å². The average molecular weight is 1100 g/mol. The molecule has 8 bridgehead atoms. The third-order valence-electron chi connectivity index (χ3n) is 16.9. The van der Waals surface area contributed by atoms with E-state index in [-0.39, 0.29) is 93.1 Å². The minimum Gasteiger partial charge on any atom is -0.682 e. The zero-order valence-electron chi connectivity index (χ0n) is 46.5. The van der Waals surface area contributed by atoms with Crippen LogP contribution in [0.2, 0.25) is 0 Å². The molecule has 9 atom stereocenters. The molecule has 1 fully saturated rings. The third kappa shape index (κ3) is 12.2. The van der Waals surface area contributed by atoms with Gasteiger partial charge in [0.1, 0.15) is 0 Å². The fraction of sp³-hybridized carbons (Fsp3) is 0.667. The molecule has 76 heavy (non-hydrogen) atoms. The van der Waals surface area contributed by atoms with E-state index < -0.39 is 98.7 Å². The standard InChI is InChI=1S/C52H74N5O14.2CN.Co/c1-27-41-29(16-19-33(58)65-9)48(3,4)47(54-41)40(53)43-30(17-20-34(59)66-10)50(6,25-38(63)70-14)45(55-43)28(2)42-31(18-21-35(60)67-11)51(7,26-39(64)71-15)52(8,57-42)46-32(24-37(62)69-13)49(5,44(27)56-46)23-22-36(61)68-12;2*1-2;/h29-32,46H,16-26,53H2,1-15H3;;;/q3*-1;+3/t29-,30-,31-,32+,46?,49-,50+,51+,52+;;;/m1.../s1. The molecule has 5 rings (SSSR count). The molecule has 0 amide bonds. The largest absolute Gasteiger partial charge is 3.00 e. The molecule has 0 aliphatic carbocycles. The number of allylic oxidation sites excluding steroid dienone is 6. The number of esters is 7. The molecule has 5 heterocycles. The number of ether oxygens (including phenoxy) is 7. The van der Waals surface area contributed by atoms with E-state index in [1.54, 1.807) is 0 Å².